The molecule has 0 atom stereocenters. The molecule has 1 N–H and O–H groups in total. The smallest absolute Gasteiger partial charge is 0.305 e. The monoisotopic (exact) mass is 157 g/mol. The molecule has 0 saturated heterocycles. The third-order valence-electron chi connectivity index (χ3n) is 0.848. The Labute approximate surface area is 64.8 Å². The third-order valence-corrected chi connectivity index (χ3v) is 0.848. The first-order valence-electron chi connectivity index (χ1n) is 3.17. The molecule has 0 saturated carbocycles. The Bertz CT molecular complexity index is 151. The van der Waals surface area contributed by atoms with Gasteiger partial charge in [-0.15, -0.1) is 0 Å². The minimum absolute atomic E-state index is 0.157. The van der Waals surface area contributed by atoms with E-state index in [0.29, 0.717) is 6.42 Å². The maximum atomic E-state index is 9.96. The van der Waals surface area contributed by atoms with E-state index in [-0.39, 0.29) is 5.97 Å². The predicted octanol–water partition coefficient (Wildman–Crippen LogP) is 0.374. The number of rotatable bonds is 1. The van der Waals surface area contributed by atoms with Crippen LogP contribution in [-0.2, 0) is 9.53 Å². The fourth-order valence-electron chi connectivity index (χ4n) is 0.311. The number of hydrogen-bond donors (Lipinski definition) is 1. The Hall–Kier alpha value is -1.39. The summed E-state index contributed by atoms with van der Waals surface area (Å²) in [5, 5.41) is 9.33. The summed E-state index contributed by atoms with van der Waals surface area (Å²) >= 11 is 0. The molecule has 1 aromatic rings. The van der Waals surface area contributed by atoms with E-state index in [1.54, 1.807) is 19.3 Å². The lowest BCUT2D eigenvalue weighted by molar-refractivity contribution is -0.140. The SMILES string of the molecule is CCC(=O)OC.c1cn[nH]n1. The summed E-state index contributed by atoms with van der Waals surface area (Å²) in [6.07, 6.45) is 3.64. The summed E-state index contributed by atoms with van der Waals surface area (Å²) < 4.78 is 4.26. The second-order valence-corrected chi connectivity index (χ2v) is 1.59. The zero-order chi connectivity index (χ0) is 8.53. The Morgan fingerprint density at radius 1 is 1.55 bits per heavy atom. The molecule has 62 valence electrons. The molecule has 0 spiro atoms. The van der Waals surface area contributed by atoms with E-state index in [2.05, 4.69) is 20.1 Å². The molecule has 0 amide bonds. The minimum Gasteiger partial charge on any atom is -0.469 e. The second kappa shape index (κ2) is 6.73. The first-order chi connectivity index (χ1) is 5.31. The molecule has 0 bridgehead atoms. The second-order valence-electron chi connectivity index (χ2n) is 1.59. The Morgan fingerprint density at radius 3 is 2.18 bits per heavy atom. The van der Waals surface area contributed by atoms with E-state index >= 15 is 0 Å². The normalized spacial score (nSPS) is 7.82. The van der Waals surface area contributed by atoms with Gasteiger partial charge >= 0.3 is 5.97 Å². The fourth-order valence-corrected chi connectivity index (χ4v) is 0.311. The van der Waals surface area contributed by atoms with Crippen LogP contribution in [0.4, 0.5) is 0 Å². The lowest BCUT2D eigenvalue weighted by atomic mass is 10.5. The van der Waals surface area contributed by atoms with E-state index in [9.17, 15) is 4.79 Å². The summed E-state index contributed by atoms with van der Waals surface area (Å²) in [5.74, 6) is -0.157. The van der Waals surface area contributed by atoms with Crippen molar-refractivity contribution in [2.45, 2.75) is 13.3 Å². The maximum Gasteiger partial charge on any atom is 0.305 e. The first kappa shape index (κ1) is 9.61. The van der Waals surface area contributed by atoms with Gasteiger partial charge in [0.15, 0.2) is 0 Å². The highest BCUT2D eigenvalue weighted by Crippen LogP contribution is 1.76. The van der Waals surface area contributed by atoms with Gasteiger partial charge in [0, 0.05) is 6.42 Å². The zero-order valence-electron chi connectivity index (χ0n) is 6.57. The van der Waals surface area contributed by atoms with Crippen LogP contribution in [0.25, 0.3) is 0 Å². The number of methoxy groups -OCH3 is 1. The van der Waals surface area contributed by atoms with Gasteiger partial charge in [0.25, 0.3) is 0 Å². The first-order valence-corrected chi connectivity index (χ1v) is 3.17. The minimum atomic E-state index is -0.157. The molecular weight excluding hydrogens is 146 g/mol. The van der Waals surface area contributed by atoms with Crippen molar-refractivity contribution in [3.8, 4) is 0 Å². The average molecular weight is 157 g/mol. The number of esters is 1. The standard InChI is InChI=1S/C4H8O2.C2H3N3/c1-3-4(5)6-2;1-2-4-5-3-1/h3H2,1-2H3;1-2H,(H,3,4,5). The van der Waals surface area contributed by atoms with Crippen LogP contribution in [0.3, 0.4) is 0 Å². The van der Waals surface area contributed by atoms with Crippen LogP contribution in [0.15, 0.2) is 12.4 Å². The van der Waals surface area contributed by atoms with Gasteiger partial charge in [-0.1, -0.05) is 6.92 Å². The van der Waals surface area contributed by atoms with Crippen LogP contribution in [0.5, 0.6) is 0 Å². The number of carbonyl (C=O) groups is 1. The van der Waals surface area contributed by atoms with Crippen LogP contribution in [0, 0.1) is 0 Å². The summed E-state index contributed by atoms with van der Waals surface area (Å²) in [7, 11) is 1.38. The third kappa shape index (κ3) is 6.50. The van der Waals surface area contributed by atoms with E-state index in [1.807, 2.05) is 0 Å². The van der Waals surface area contributed by atoms with Crippen molar-refractivity contribution in [2.24, 2.45) is 0 Å². The van der Waals surface area contributed by atoms with E-state index in [0.717, 1.165) is 0 Å². The quantitative estimate of drug-likeness (QED) is 0.598. The molecule has 1 heterocycles. The highest BCUT2D eigenvalue weighted by atomic mass is 16.5. The number of aromatic amines is 1. The van der Waals surface area contributed by atoms with Crippen molar-refractivity contribution in [1.29, 1.82) is 0 Å². The lowest BCUT2D eigenvalue weighted by Gasteiger charge is -1.87. The summed E-state index contributed by atoms with van der Waals surface area (Å²) in [6, 6.07) is 0. The van der Waals surface area contributed by atoms with Crippen LogP contribution in [0.2, 0.25) is 0 Å². The molecule has 0 aliphatic rings. The Balaban J connectivity index is 0.000000183. The number of nitrogens with zero attached hydrogens (tertiary/aromatic N) is 2. The van der Waals surface area contributed by atoms with Crippen molar-refractivity contribution < 1.29 is 9.53 Å². The molecule has 0 aliphatic carbocycles. The van der Waals surface area contributed by atoms with Gasteiger partial charge in [0.05, 0.1) is 19.5 Å². The molecule has 11 heavy (non-hydrogen) atoms. The number of carbonyl (C=O) groups excluding carboxylic acids is 1. The fraction of sp³-hybridized carbons (Fsp3) is 0.500. The van der Waals surface area contributed by atoms with Crippen molar-refractivity contribution in [2.75, 3.05) is 7.11 Å². The van der Waals surface area contributed by atoms with Gasteiger partial charge in [0.2, 0.25) is 0 Å². The largest absolute Gasteiger partial charge is 0.469 e. The summed E-state index contributed by atoms with van der Waals surface area (Å²) in [5.41, 5.74) is 0. The molecule has 0 fully saturated rings. The zero-order valence-corrected chi connectivity index (χ0v) is 6.57. The van der Waals surface area contributed by atoms with Crippen molar-refractivity contribution in [1.82, 2.24) is 15.4 Å². The van der Waals surface area contributed by atoms with E-state index in [1.165, 1.54) is 7.11 Å². The summed E-state index contributed by atoms with van der Waals surface area (Å²) in [6.45, 7) is 1.76. The average Bonchev–Trinajstić information content (AvgIpc) is 2.60. The van der Waals surface area contributed by atoms with Crippen molar-refractivity contribution in [3.05, 3.63) is 12.4 Å². The number of aromatic nitrogens is 3. The van der Waals surface area contributed by atoms with E-state index < -0.39 is 0 Å². The molecule has 5 nitrogen and oxygen atoms in total. The van der Waals surface area contributed by atoms with Gasteiger partial charge in [0.1, 0.15) is 0 Å². The van der Waals surface area contributed by atoms with Gasteiger partial charge < -0.3 is 4.74 Å². The number of ether oxygens (including phenoxy) is 1. The topological polar surface area (TPSA) is 67.9 Å². The molecule has 0 aliphatic heterocycles. The Kier molecular flexibility index (Phi) is 5.88. The molecule has 0 unspecified atom stereocenters. The maximum absolute atomic E-state index is 9.96. The van der Waals surface area contributed by atoms with Crippen LogP contribution >= 0.6 is 0 Å². The molecule has 1 aromatic heterocycles. The van der Waals surface area contributed by atoms with Gasteiger partial charge in [-0.05, 0) is 0 Å². The molecule has 1 rings (SSSR count). The van der Waals surface area contributed by atoms with Gasteiger partial charge in [-0.3, -0.25) is 4.79 Å². The molecule has 0 aromatic carbocycles. The van der Waals surface area contributed by atoms with Gasteiger partial charge in [-0.25, -0.2) is 0 Å². The molecular formula is C6H11N3O2. The van der Waals surface area contributed by atoms with Crippen molar-refractivity contribution >= 4 is 5.97 Å². The number of hydrogen-bond acceptors (Lipinski definition) is 4. The number of H-pyrrole nitrogens is 1. The highest BCUT2D eigenvalue weighted by Gasteiger charge is 1.87. The van der Waals surface area contributed by atoms with Crippen molar-refractivity contribution in [3.63, 3.8) is 0 Å². The lowest BCUT2D eigenvalue weighted by Crippen LogP contribution is -1.94. The molecule has 5 heteroatoms. The predicted molar refractivity (Wildman–Crippen MR) is 38.7 cm³/mol. The highest BCUT2D eigenvalue weighted by molar-refractivity contribution is 5.68. The van der Waals surface area contributed by atoms with Gasteiger partial charge in [-0.2, -0.15) is 15.4 Å². The Morgan fingerprint density at radius 2 is 2.09 bits per heavy atom. The van der Waals surface area contributed by atoms with Crippen LogP contribution in [0.1, 0.15) is 13.3 Å². The van der Waals surface area contributed by atoms with Crippen LogP contribution < -0.4 is 0 Å². The molecule has 0 radical (unpaired) electrons. The van der Waals surface area contributed by atoms with Crippen LogP contribution in [-0.4, -0.2) is 28.5 Å². The van der Waals surface area contributed by atoms with E-state index in [4.69, 9.17) is 0 Å². The summed E-state index contributed by atoms with van der Waals surface area (Å²) in [4.78, 5) is 9.96. The number of nitrogens with one attached hydrogen (secondary N) is 1.